The zero-order valence-corrected chi connectivity index (χ0v) is 18.2. The molecule has 0 aliphatic rings. The molecule has 0 atom stereocenters. The van der Waals surface area contributed by atoms with Crippen LogP contribution in [-0.2, 0) is 17.9 Å². The van der Waals surface area contributed by atoms with Crippen LogP contribution in [0, 0.1) is 0 Å². The summed E-state index contributed by atoms with van der Waals surface area (Å²) in [4.78, 5) is 39.6. The van der Waals surface area contributed by atoms with Crippen molar-refractivity contribution in [1.29, 1.82) is 0 Å². The fourth-order valence-corrected chi connectivity index (χ4v) is 3.94. The van der Waals surface area contributed by atoms with Crippen molar-refractivity contribution in [3.8, 4) is 0 Å². The lowest BCUT2D eigenvalue weighted by Gasteiger charge is -2.13. The molecule has 0 aliphatic heterocycles. The molecule has 0 spiro atoms. The third kappa shape index (κ3) is 4.76. The molecule has 1 heterocycles. The molecule has 0 radical (unpaired) electrons. The van der Waals surface area contributed by atoms with Gasteiger partial charge in [0.1, 0.15) is 0 Å². The molecular weight excluding hydrogens is 400 g/mol. The Morgan fingerprint density at radius 3 is 2.20 bits per heavy atom. The number of para-hydroxylation sites is 3. The van der Waals surface area contributed by atoms with Crippen LogP contribution < -0.4 is 11.0 Å². The Balaban J connectivity index is 1.74. The highest BCUT2D eigenvalue weighted by Crippen LogP contribution is 2.28. The lowest BCUT2D eigenvalue weighted by Crippen LogP contribution is -2.26. The first-order valence-electron chi connectivity index (χ1n) is 9.88. The highest BCUT2D eigenvalue weighted by Gasteiger charge is 2.15. The van der Waals surface area contributed by atoms with Gasteiger partial charge in [0.05, 0.1) is 16.7 Å². The summed E-state index contributed by atoms with van der Waals surface area (Å²) in [5.74, 6) is -0.209. The number of nitrogens with zero attached hydrogens (tertiary/aromatic N) is 3. The van der Waals surface area contributed by atoms with Gasteiger partial charge in [-0.3, -0.25) is 18.7 Å². The highest BCUT2D eigenvalue weighted by atomic mass is 32.2. The highest BCUT2D eigenvalue weighted by molar-refractivity contribution is 8.13. The number of hydrogen-bond acceptors (Lipinski definition) is 4. The van der Waals surface area contributed by atoms with Gasteiger partial charge in [0.15, 0.2) is 0 Å². The van der Waals surface area contributed by atoms with E-state index in [0.717, 1.165) is 29.2 Å². The van der Waals surface area contributed by atoms with Crippen LogP contribution in [0.15, 0.2) is 58.2 Å². The van der Waals surface area contributed by atoms with Gasteiger partial charge in [0.25, 0.3) is 5.24 Å². The van der Waals surface area contributed by atoms with E-state index < -0.39 is 0 Å². The molecule has 2 aromatic carbocycles. The van der Waals surface area contributed by atoms with Crippen molar-refractivity contribution in [1.82, 2.24) is 14.0 Å². The number of amides is 2. The maximum absolute atomic E-state index is 12.8. The van der Waals surface area contributed by atoms with Crippen molar-refractivity contribution < 1.29 is 9.59 Å². The Hall–Kier alpha value is -3.00. The van der Waals surface area contributed by atoms with E-state index in [1.54, 1.807) is 35.4 Å². The molecule has 8 heteroatoms. The third-order valence-corrected chi connectivity index (χ3v) is 5.77. The summed E-state index contributed by atoms with van der Waals surface area (Å²) in [5, 5.41) is 2.75. The number of benzene rings is 2. The second-order valence-electron chi connectivity index (χ2n) is 7.13. The topological polar surface area (TPSA) is 76.3 Å². The SMILES string of the molecule is CCCn1c(=O)n(CCC(=O)Nc2ccccc2SC(=O)N(C)C)c2ccccc21. The molecule has 1 N–H and O–H groups in total. The van der Waals surface area contributed by atoms with Crippen LogP contribution in [0.1, 0.15) is 19.8 Å². The first kappa shape index (κ1) is 21.7. The summed E-state index contributed by atoms with van der Waals surface area (Å²) >= 11 is 1.06. The molecule has 1 aromatic heterocycles. The number of thioether (sulfide) groups is 1. The largest absolute Gasteiger partial charge is 0.339 e. The minimum Gasteiger partial charge on any atom is -0.339 e. The lowest BCUT2D eigenvalue weighted by atomic mass is 10.3. The van der Waals surface area contributed by atoms with Crippen LogP contribution in [0.3, 0.4) is 0 Å². The van der Waals surface area contributed by atoms with E-state index in [2.05, 4.69) is 5.32 Å². The fraction of sp³-hybridized carbons (Fsp3) is 0.318. The standard InChI is InChI=1S/C22H26N4O3S/c1-4-14-25-17-10-6-7-11-18(17)26(21(25)28)15-13-20(27)23-16-9-5-8-12-19(16)30-22(29)24(2)3/h5-12H,4,13-15H2,1-3H3,(H,23,27). The summed E-state index contributed by atoms with van der Waals surface area (Å²) in [6.07, 6.45) is 1.01. The average Bonchev–Trinajstić information content (AvgIpc) is 2.99. The number of anilines is 1. The fourth-order valence-electron chi connectivity index (χ4n) is 3.20. The van der Waals surface area contributed by atoms with Crippen LogP contribution in [-0.4, -0.2) is 39.3 Å². The van der Waals surface area contributed by atoms with E-state index in [4.69, 9.17) is 0 Å². The van der Waals surface area contributed by atoms with Crippen LogP contribution in [0.2, 0.25) is 0 Å². The van der Waals surface area contributed by atoms with E-state index >= 15 is 0 Å². The van der Waals surface area contributed by atoms with Crippen molar-refractivity contribution >= 4 is 39.6 Å². The van der Waals surface area contributed by atoms with Crippen molar-refractivity contribution in [2.45, 2.75) is 37.8 Å². The first-order valence-corrected chi connectivity index (χ1v) is 10.7. The predicted molar refractivity (Wildman–Crippen MR) is 121 cm³/mol. The summed E-state index contributed by atoms with van der Waals surface area (Å²) in [5.41, 5.74) is 2.20. The van der Waals surface area contributed by atoms with Crippen LogP contribution in [0.25, 0.3) is 11.0 Å². The Morgan fingerprint density at radius 1 is 0.967 bits per heavy atom. The maximum atomic E-state index is 12.8. The van der Waals surface area contributed by atoms with Crippen LogP contribution in [0.4, 0.5) is 10.5 Å². The molecule has 0 aliphatic carbocycles. The molecule has 2 amide bonds. The van der Waals surface area contributed by atoms with Crippen molar-refractivity contribution in [2.75, 3.05) is 19.4 Å². The molecule has 3 aromatic rings. The lowest BCUT2D eigenvalue weighted by molar-refractivity contribution is -0.116. The third-order valence-electron chi connectivity index (χ3n) is 4.66. The smallest absolute Gasteiger partial charge is 0.329 e. The molecule has 0 unspecified atom stereocenters. The monoisotopic (exact) mass is 426 g/mol. The Kier molecular flexibility index (Phi) is 6.99. The summed E-state index contributed by atoms with van der Waals surface area (Å²) < 4.78 is 3.41. The van der Waals surface area contributed by atoms with Gasteiger partial charge >= 0.3 is 5.69 Å². The maximum Gasteiger partial charge on any atom is 0.329 e. The van der Waals surface area contributed by atoms with Crippen LogP contribution >= 0.6 is 11.8 Å². The molecule has 0 fully saturated rings. The molecular formula is C22H26N4O3S. The van der Waals surface area contributed by atoms with Gasteiger partial charge in [-0.2, -0.15) is 0 Å². The Labute approximate surface area is 179 Å². The summed E-state index contributed by atoms with van der Waals surface area (Å²) in [7, 11) is 3.37. The van der Waals surface area contributed by atoms with Gasteiger partial charge in [-0.25, -0.2) is 4.79 Å². The average molecular weight is 427 g/mol. The Bertz CT molecular complexity index is 1120. The second-order valence-corrected chi connectivity index (χ2v) is 8.12. The van der Waals surface area contributed by atoms with Gasteiger partial charge < -0.3 is 10.2 Å². The van der Waals surface area contributed by atoms with E-state index in [0.29, 0.717) is 17.1 Å². The molecule has 158 valence electrons. The normalized spacial score (nSPS) is 10.9. The molecule has 0 saturated heterocycles. The number of nitrogens with one attached hydrogen (secondary N) is 1. The zero-order chi connectivity index (χ0) is 21.7. The molecule has 30 heavy (non-hydrogen) atoms. The minimum absolute atomic E-state index is 0.0987. The van der Waals surface area contributed by atoms with Crippen molar-refractivity contribution in [3.05, 3.63) is 59.0 Å². The van der Waals surface area contributed by atoms with E-state index in [1.165, 1.54) is 4.90 Å². The summed E-state index contributed by atoms with van der Waals surface area (Å²) in [6, 6.07) is 14.8. The van der Waals surface area contributed by atoms with Gasteiger partial charge in [-0.1, -0.05) is 31.2 Å². The van der Waals surface area contributed by atoms with E-state index in [1.807, 2.05) is 43.3 Å². The minimum atomic E-state index is -0.209. The van der Waals surface area contributed by atoms with Crippen LogP contribution in [0.5, 0.6) is 0 Å². The number of hydrogen-bond donors (Lipinski definition) is 1. The number of aryl methyl sites for hydroxylation is 2. The molecule has 7 nitrogen and oxygen atoms in total. The second kappa shape index (κ2) is 9.67. The van der Waals surface area contributed by atoms with Crippen molar-refractivity contribution in [2.24, 2.45) is 0 Å². The summed E-state index contributed by atoms with van der Waals surface area (Å²) in [6.45, 7) is 2.96. The molecule has 3 rings (SSSR count). The Morgan fingerprint density at radius 2 is 1.57 bits per heavy atom. The number of rotatable bonds is 7. The quantitative estimate of drug-likeness (QED) is 0.579. The number of imidazole rings is 1. The molecule has 0 bridgehead atoms. The molecule has 0 saturated carbocycles. The van der Waals surface area contributed by atoms with Gasteiger partial charge in [0.2, 0.25) is 5.91 Å². The number of carbonyl (C=O) groups is 2. The van der Waals surface area contributed by atoms with E-state index in [9.17, 15) is 14.4 Å². The first-order chi connectivity index (χ1) is 14.4. The number of aromatic nitrogens is 2. The predicted octanol–water partition coefficient (Wildman–Crippen LogP) is 4.02. The zero-order valence-electron chi connectivity index (χ0n) is 17.4. The van der Waals surface area contributed by atoms with Gasteiger partial charge in [-0.05, 0) is 42.4 Å². The number of fused-ring (bicyclic) bond motifs is 1. The number of carbonyl (C=O) groups excluding carboxylic acids is 2. The van der Waals surface area contributed by atoms with Gasteiger partial charge in [-0.15, -0.1) is 0 Å². The van der Waals surface area contributed by atoms with Gasteiger partial charge in [0, 0.05) is 38.5 Å². The van der Waals surface area contributed by atoms with Crippen molar-refractivity contribution in [3.63, 3.8) is 0 Å². The van der Waals surface area contributed by atoms with E-state index in [-0.39, 0.29) is 29.8 Å².